The highest BCUT2D eigenvalue weighted by Gasteiger charge is 2.19. The van der Waals surface area contributed by atoms with Crippen LogP contribution in [0.1, 0.15) is 10.5 Å². The van der Waals surface area contributed by atoms with Gasteiger partial charge in [0.15, 0.2) is 0 Å². The monoisotopic (exact) mass is 264 g/mol. The minimum Gasteiger partial charge on any atom is -0.348 e. The number of hydrogen-bond donors (Lipinski definition) is 1. The number of hydrogen-bond acceptors (Lipinski definition) is 2. The number of carbonyl (C=O) groups excluding carboxylic acids is 2. The van der Waals surface area contributed by atoms with Crippen molar-refractivity contribution in [2.75, 3.05) is 5.32 Å². The first kappa shape index (κ1) is 12.9. The van der Waals surface area contributed by atoms with Gasteiger partial charge in [0.2, 0.25) is 0 Å². The highest BCUT2D eigenvalue weighted by atomic mass is 19.1. The van der Waals surface area contributed by atoms with Crippen LogP contribution < -0.4 is 5.32 Å². The van der Waals surface area contributed by atoms with Crippen LogP contribution in [0.3, 0.4) is 0 Å². The number of nitrogens with one attached hydrogen (secondary N) is 1. The van der Waals surface area contributed by atoms with Gasteiger partial charge in [-0.1, -0.05) is 0 Å². The molecule has 0 spiro atoms. The summed E-state index contributed by atoms with van der Waals surface area (Å²) in [6.07, 6.45) is 1.61. The van der Waals surface area contributed by atoms with E-state index in [1.54, 1.807) is 19.3 Å². The number of halogens is 2. The second-order valence-corrected chi connectivity index (χ2v) is 3.91. The van der Waals surface area contributed by atoms with E-state index in [2.05, 4.69) is 5.32 Å². The second-order valence-electron chi connectivity index (χ2n) is 3.91. The highest BCUT2D eigenvalue weighted by Crippen LogP contribution is 2.15. The fraction of sp³-hybridized carbons (Fsp3) is 0.0769. The standard InChI is InChI=1S/C13H10F2N2O2/c1-17-6-2-3-11(17)12(18)13(19)16-10-5-4-8(14)7-9(10)15/h2-7H,1H3,(H,16,19). The fourth-order valence-electron chi connectivity index (χ4n) is 1.58. The quantitative estimate of drug-likeness (QED) is 0.682. The van der Waals surface area contributed by atoms with E-state index < -0.39 is 23.3 Å². The van der Waals surface area contributed by atoms with Gasteiger partial charge < -0.3 is 9.88 Å². The van der Waals surface area contributed by atoms with Gasteiger partial charge in [-0.3, -0.25) is 9.59 Å². The van der Waals surface area contributed by atoms with Crippen molar-refractivity contribution in [3.05, 3.63) is 53.9 Å². The maximum Gasteiger partial charge on any atom is 0.298 e. The Morgan fingerprint density at radius 2 is 1.95 bits per heavy atom. The van der Waals surface area contributed by atoms with Crippen LogP contribution in [0.15, 0.2) is 36.5 Å². The molecule has 1 N–H and O–H groups in total. The van der Waals surface area contributed by atoms with Crippen LogP contribution >= 0.6 is 0 Å². The van der Waals surface area contributed by atoms with E-state index in [0.717, 1.165) is 12.1 Å². The Labute approximate surface area is 107 Å². The molecule has 0 fully saturated rings. The number of Topliss-reactive ketones (excluding diaryl/α,β-unsaturated/α-hetero) is 1. The van der Waals surface area contributed by atoms with E-state index in [1.807, 2.05) is 0 Å². The number of carbonyl (C=O) groups is 2. The van der Waals surface area contributed by atoms with Crippen LogP contribution in [-0.4, -0.2) is 16.3 Å². The molecule has 4 nitrogen and oxygen atoms in total. The molecule has 0 atom stereocenters. The molecule has 0 bridgehead atoms. The second kappa shape index (κ2) is 5.01. The average molecular weight is 264 g/mol. The lowest BCUT2D eigenvalue weighted by molar-refractivity contribution is -0.112. The number of aryl methyl sites for hydroxylation is 1. The SMILES string of the molecule is Cn1cccc1C(=O)C(=O)Nc1ccc(F)cc1F. The lowest BCUT2D eigenvalue weighted by atomic mass is 10.2. The molecule has 0 radical (unpaired) electrons. The lowest BCUT2D eigenvalue weighted by Gasteiger charge is -2.06. The number of ketones is 1. The molecule has 0 saturated heterocycles. The molecule has 0 aliphatic carbocycles. The summed E-state index contributed by atoms with van der Waals surface area (Å²) in [7, 11) is 1.61. The summed E-state index contributed by atoms with van der Waals surface area (Å²) in [5.41, 5.74) is -0.0611. The van der Waals surface area contributed by atoms with Gasteiger partial charge in [0.25, 0.3) is 11.7 Å². The summed E-state index contributed by atoms with van der Waals surface area (Å²) in [5.74, 6) is -3.47. The number of amides is 1. The van der Waals surface area contributed by atoms with Crippen molar-refractivity contribution in [3.8, 4) is 0 Å². The van der Waals surface area contributed by atoms with Crippen molar-refractivity contribution in [2.45, 2.75) is 0 Å². The number of anilines is 1. The van der Waals surface area contributed by atoms with Crippen molar-refractivity contribution in [1.82, 2.24) is 4.57 Å². The first-order valence-electron chi connectivity index (χ1n) is 5.41. The molecule has 2 aromatic rings. The predicted octanol–water partition coefficient (Wildman–Crippen LogP) is 2.12. The van der Waals surface area contributed by atoms with Crippen molar-refractivity contribution in [1.29, 1.82) is 0 Å². The van der Waals surface area contributed by atoms with E-state index in [9.17, 15) is 18.4 Å². The molecular weight excluding hydrogens is 254 g/mol. The van der Waals surface area contributed by atoms with Crippen LogP contribution in [0.5, 0.6) is 0 Å². The lowest BCUT2D eigenvalue weighted by Crippen LogP contribution is -2.25. The Morgan fingerprint density at radius 1 is 1.21 bits per heavy atom. The Kier molecular flexibility index (Phi) is 3.41. The molecule has 0 aliphatic rings. The summed E-state index contributed by atoms with van der Waals surface area (Å²) in [6.45, 7) is 0. The third-order valence-corrected chi connectivity index (χ3v) is 2.56. The molecule has 19 heavy (non-hydrogen) atoms. The summed E-state index contributed by atoms with van der Waals surface area (Å²) in [6, 6.07) is 5.76. The number of aromatic nitrogens is 1. The normalized spacial score (nSPS) is 10.3. The minimum atomic E-state index is -0.979. The Morgan fingerprint density at radius 3 is 2.53 bits per heavy atom. The third kappa shape index (κ3) is 2.67. The molecule has 0 saturated carbocycles. The maximum atomic E-state index is 13.3. The first-order valence-corrected chi connectivity index (χ1v) is 5.41. The molecule has 1 heterocycles. The molecule has 2 rings (SSSR count). The Balaban J connectivity index is 2.18. The van der Waals surface area contributed by atoms with E-state index in [-0.39, 0.29) is 11.4 Å². The van der Waals surface area contributed by atoms with E-state index in [4.69, 9.17) is 0 Å². The molecule has 1 aromatic heterocycles. The zero-order valence-corrected chi connectivity index (χ0v) is 9.98. The maximum absolute atomic E-state index is 13.3. The smallest absolute Gasteiger partial charge is 0.298 e. The minimum absolute atomic E-state index is 0.181. The summed E-state index contributed by atoms with van der Waals surface area (Å²) in [4.78, 5) is 23.4. The van der Waals surface area contributed by atoms with Crippen LogP contribution in [-0.2, 0) is 11.8 Å². The van der Waals surface area contributed by atoms with E-state index in [0.29, 0.717) is 6.07 Å². The predicted molar refractivity (Wildman–Crippen MR) is 64.7 cm³/mol. The number of benzene rings is 1. The molecule has 1 amide bonds. The topological polar surface area (TPSA) is 51.1 Å². The molecule has 1 aromatic carbocycles. The average Bonchev–Trinajstić information content (AvgIpc) is 2.78. The largest absolute Gasteiger partial charge is 0.348 e. The van der Waals surface area contributed by atoms with Gasteiger partial charge in [0, 0.05) is 19.3 Å². The highest BCUT2D eigenvalue weighted by molar-refractivity contribution is 6.46. The summed E-state index contributed by atoms with van der Waals surface area (Å²) in [5, 5.41) is 2.11. The van der Waals surface area contributed by atoms with Gasteiger partial charge in [-0.05, 0) is 24.3 Å². The zero-order valence-electron chi connectivity index (χ0n) is 9.98. The van der Waals surface area contributed by atoms with Crippen molar-refractivity contribution in [3.63, 3.8) is 0 Å². The van der Waals surface area contributed by atoms with Crippen LogP contribution in [0, 0.1) is 11.6 Å². The van der Waals surface area contributed by atoms with Gasteiger partial charge in [-0.25, -0.2) is 8.78 Å². The molecule has 0 unspecified atom stereocenters. The summed E-state index contributed by atoms with van der Waals surface area (Å²) < 4.78 is 27.5. The number of rotatable bonds is 3. The van der Waals surface area contributed by atoms with Gasteiger partial charge in [-0.15, -0.1) is 0 Å². The molecule has 0 aliphatic heterocycles. The number of nitrogens with zero attached hydrogens (tertiary/aromatic N) is 1. The third-order valence-electron chi connectivity index (χ3n) is 2.56. The van der Waals surface area contributed by atoms with Gasteiger partial charge in [-0.2, -0.15) is 0 Å². The van der Waals surface area contributed by atoms with Crippen LogP contribution in [0.25, 0.3) is 0 Å². The Hall–Kier alpha value is -2.50. The van der Waals surface area contributed by atoms with Crippen molar-refractivity contribution in [2.24, 2.45) is 7.05 Å². The van der Waals surface area contributed by atoms with Crippen LogP contribution in [0.4, 0.5) is 14.5 Å². The first-order chi connectivity index (χ1) is 8.99. The van der Waals surface area contributed by atoms with Crippen molar-refractivity contribution >= 4 is 17.4 Å². The Bertz CT molecular complexity index is 650. The van der Waals surface area contributed by atoms with Gasteiger partial charge in [0.05, 0.1) is 11.4 Å². The van der Waals surface area contributed by atoms with Gasteiger partial charge >= 0.3 is 0 Å². The molecular formula is C13H10F2N2O2. The fourth-order valence-corrected chi connectivity index (χ4v) is 1.58. The summed E-state index contributed by atoms with van der Waals surface area (Å²) >= 11 is 0. The molecule has 6 heteroatoms. The zero-order chi connectivity index (χ0) is 14.0. The van der Waals surface area contributed by atoms with Crippen molar-refractivity contribution < 1.29 is 18.4 Å². The van der Waals surface area contributed by atoms with Gasteiger partial charge in [0.1, 0.15) is 11.6 Å². The van der Waals surface area contributed by atoms with E-state index >= 15 is 0 Å². The molecule has 98 valence electrons. The van der Waals surface area contributed by atoms with Crippen LogP contribution in [0.2, 0.25) is 0 Å². The van der Waals surface area contributed by atoms with E-state index in [1.165, 1.54) is 10.6 Å².